The largest absolute Gasteiger partial charge is 0.378 e. The van der Waals surface area contributed by atoms with Crippen LogP contribution in [0.5, 0.6) is 0 Å². The molecule has 0 amide bonds. The summed E-state index contributed by atoms with van der Waals surface area (Å²) in [4.78, 5) is 13.9. The molecule has 2 N–H and O–H groups in total. The first-order valence-electron chi connectivity index (χ1n) is 10.2. The number of nitrogens with zero attached hydrogens (tertiary/aromatic N) is 4. The number of hydrogen-bond donors (Lipinski definition) is 2. The monoisotopic (exact) mass is 382 g/mol. The molecule has 0 radical (unpaired) electrons. The fraction of sp³-hybridized carbons (Fsp3) is 0.524. The van der Waals surface area contributed by atoms with Crippen LogP contribution < -0.4 is 15.5 Å². The van der Waals surface area contributed by atoms with Crippen LogP contribution in [0.15, 0.2) is 30.5 Å². The smallest absolute Gasteiger partial charge is 0.229 e. The molecule has 3 heterocycles. The van der Waals surface area contributed by atoms with Gasteiger partial charge in [-0.2, -0.15) is 4.98 Å². The molecule has 1 aromatic carbocycles. The first-order chi connectivity index (χ1) is 13.7. The minimum atomic E-state index is 0.477. The molecule has 1 aromatic heterocycles. The van der Waals surface area contributed by atoms with E-state index in [-0.39, 0.29) is 0 Å². The van der Waals surface area contributed by atoms with Gasteiger partial charge in [0.25, 0.3) is 0 Å². The van der Waals surface area contributed by atoms with E-state index in [2.05, 4.69) is 63.7 Å². The molecule has 0 atom stereocenters. The van der Waals surface area contributed by atoms with E-state index in [4.69, 9.17) is 9.72 Å². The number of nitrogens with one attached hydrogen (secondary N) is 2. The van der Waals surface area contributed by atoms with Gasteiger partial charge >= 0.3 is 0 Å². The van der Waals surface area contributed by atoms with Gasteiger partial charge in [0.1, 0.15) is 5.82 Å². The van der Waals surface area contributed by atoms with Crippen molar-refractivity contribution in [1.29, 1.82) is 0 Å². The maximum absolute atomic E-state index is 5.43. The molecule has 7 heteroatoms. The highest BCUT2D eigenvalue weighted by Gasteiger charge is 2.18. The van der Waals surface area contributed by atoms with E-state index in [0.717, 1.165) is 69.3 Å². The Morgan fingerprint density at radius 3 is 2.46 bits per heavy atom. The molecule has 0 aliphatic carbocycles. The summed E-state index contributed by atoms with van der Waals surface area (Å²) >= 11 is 0. The van der Waals surface area contributed by atoms with Crippen LogP contribution in [-0.4, -0.2) is 67.4 Å². The van der Waals surface area contributed by atoms with Gasteiger partial charge in [-0.25, -0.2) is 4.98 Å². The SMILES string of the molecule is Cc1cnc(Nc2ccc(N3CCOCC3)cc2)nc1NC1CCN(C)CC1. The summed E-state index contributed by atoms with van der Waals surface area (Å²) in [5.74, 6) is 1.55. The Morgan fingerprint density at radius 2 is 1.75 bits per heavy atom. The summed E-state index contributed by atoms with van der Waals surface area (Å²) in [5.41, 5.74) is 3.29. The van der Waals surface area contributed by atoms with Gasteiger partial charge in [0.05, 0.1) is 13.2 Å². The van der Waals surface area contributed by atoms with Gasteiger partial charge in [0.2, 0.25) is 5.95 Å². The highest BCUT2D eigenvalue weighted by Crippen LogP contribution is 2.23. The zero-order valence-electron chi connectivity index (χ0n) is 16.8. The van der Waals surface area contributed by atoms with Crippen molar-refractivity contribution in [1.82, 2.24) is 14.9 Å². The van der Waals surface area contributed by atoms with Crippen LogP contribution in [-0.2, 0) is 4.74 Å². The van der Waals surface area contributed by atoms with Crippen molar-refractivity contribution < 1.29 is 4.74 Å². The lowest BCUT2D eigenvalue weighted by atomic mass is 10.1. The van der Waals surface area contributed by atoms with Crippen LogP contribution in [0.2, 0.25) is 0 Å². The highest BCUT2D eigenvalue weighted by molar-refractivity contribution is 5.60. The number of aromatic nitrogens is 2. The van der Waals surface area contributed by atoms with Crippen molar-refractivity contribution in [3.05, 3.63) is 36.0 Å². The van der Waals surface area contributed by atoms with Crippen LogP contribution >= 0.6 is 0 Å². The van der Waals surface area contributed by atoms with Crippen LogP contribution in [0.1, 0.15) is 18.4 Å². The van der Waals surface area contributed by atoms with E-state index >= 15 is 0 Å². The lowest BCUT2D eigenvalue weighted by molar-refractivity contribution is 0.122. The van der Waals surface area contributed by atoms with Crippen LogP contribution in [0.3, 0.4) is 0 Å². The molecule has 0 spiro atoms. The van der Waals surface area contributed by atoms with Crippen molar-refractivity contribution >= 4 is 23.1 Å². The predicted octanol–water partition coefficient (Wildman–Crippen LogP) is 2.87. The van der Waals surface area contributed by atoms with Gasteiger partial charge in [0.15, 0.2) is 0 Å². The fourth-order valence-corrected chi connectivity index (χ4v) is 3.70. The minimum Gasteiger partial charge on any atom is -0.378 e. The lowest BCUT2D eigenvalue weighted by Gasteiger charge is -2.30. The number of benzene rings is 1. The Hall–Kier alpha value is -2.38. The standard InChI is InChI=1S/C21H30N6O/c1-16-15-22-21(25-20(16)23-18-7-9-26(2)10-8-18)24-17-3-5-19(6-4-17)27-11-13-28-14-12-27/h3-6,15,18H,7-14H2,1-2H3,(H2,22,23,24,25). The summed E-state index contributed by atoms with van der Waals surface area (Å²) in [5, 5.41) is 6.94. The van der Waals surface area contributed by atoms with Gasteiger partial charge in [-0.15, -0.1) is 0 Å². The first-order valence-corrected chi connectivity index (χ1v) is 10.2. The molecule has 0 saturated carbocycles. The van der Waals surface area contributed by atoms with E-state index < -0.39 is 0 Å². The average molecular weight is 383 g/mol. The third kappa shape index (κ3) is 4.72. The fourth-order valence-electron chi connectivity index (χ4n) is 3.70. The molecule has 2 aliphatic rings. The van der Waals surface area contributed by atoms with Crippen molar-refractivity contribution in [3.63, 3.8) is 0 Å². The van der Waals surface area contributed by atoms with E-state index in [1.54, 1.807) is 0 Å². The van der Waals surface area contributed by atoms with Crippen LogP contribution in [0.4, 0.5) is 23.1 Å². The van der Waals surface area contributed by atoms with Crippen molar-refractivity contribution in [2.75, 3.05) is 62.0 Å². The number of hydrogen-bond acceptors (Lipinski definition) is 7. The highest BCUT2D eigenvalue weighted by atomic mass is 16.5. The molecule has 2 fully saturated rings. The molecule has 28 heavy (non-hydrogen) atoms. The Balaban J connectivity index is 1.40. The summed E-state index contributed by atoms with van der Waals surface area (Å²) < 4.78 is 5.43. The van der Waals surface area contributed by atoms with Gasteiger partial charge in [-0.3, -0.25) is 0 Å². The van der Waals surface area contributed by atoms with E-state index in [0.29, 0.717) is 12.0 Å². The second kappa shape index (κ2) is 8.75. The topological polar surface area (TPSA) is 65.5 Å². The number of rotatable bonds is 5. The number of ether oxygens (including phenoxy) is 1. The Labute approximate surface area is 167 Å². The summed E-state index contributed by atoms with van der Waals surface area (Å²) in [6.45, 7) is 7.79. The summed E-state index contributed by atoms with van der Waals surface area (Å²) in [6, 6.07) is 8.92. The molecule has 0 bridgehead atoms. The number of anilines is 4. The predicted molar refractivity (Wildman–Crippen MR) is 114 cm³/mol. The minimum absolute atomic E-state index is 0.477. The van der Waals surface area contributed by atoms with Crippen LogP contribution in [0, 0.1) is 6.92 Å². The van der Waals surface area contributed by atoms with Gasteiger partial charge in [-0.05, 0) is 64.2 Å². The molecule has 7 nitrogen and oxygen atoms in total. The van der Waals surface area contributed by atoms with E-state index in [9.17, 15) is 0 Å². The van der Waals surface area contributed by atoms with Crippen molar-refractivity contribution in [2.24, 2.45) is 0 Å². The number of morpholine rings is 1. The quantitative estimate of drug-likeness (QED) is 0.824. The molecule has 2 aromatic rings. The molecule has 2 saturated heterocycles. The Kier molecular flexibility index (Phi) is 5.92. The van der Waals surface area contributed by atoms with Crippen LogP contribution in [0.25, 0.3) is 0 Å². The van der Waals surface area contributed by atoms with E-state index in [1.165, 1.54) is 5.69 Å². The second-order valence-corrected chi connectivity index (χ2v) is 7.72. The second-order valence-electron chi connectivity index (χ2n) is 7.72. The van der Waals surface area contributed by atoms with Gasteiger partial charge < -0.3 is 25.2 Å². The van der Waals surface area contributed by atoms with Gasteiger partial charge in [0, 0.05) is 42.3 Å². The normalized spacial score (nSPS) is 18.9. The van der Waals surface area contributed by atoms with E-state index in [1.807, 2.05) is 6.20 Å². The van der Waals surface area contributed by atoms with Crippen molar-refractivity contribution in [3.8, 4) is 0 Å². The molecule has 0 unspecified atom stereocenters. The first kappa shape index (κ1) is 19.0. The molecule has 4 rings (SSSR count). The Bertz CT molecular complexity index is 767. The molecular weight excluding hydrogens is 352 g/mol. The number of piperidine rings is 1. The molecule has 2 aliphatic heterocycles. The Morgan fingerprint density at radius 1 is 1.04 bits per heavy atom. The van der Waals surface area contributed by atoms with Gasteiger partial charge in [-0.1, -0.05) is 0 Å². The zero-order valence-corrected chi connectivity index (χ0v) is 16.8. The summed E-state index contributed by atoms with van der Waals surface area (Å²) in [7, 11) is 2.18. The third-order valence-electron chi connectivity index (χ3n) is 5.53. The maximum atomic E-state index is 5.43. The van der Waals surface area contributed by atoms with Crippen molar-refractivity contribution in [2.45, 2.75) is 25.8 Å². The average Bonchev–Trinajstić information content (AvgIpc) is 2.73. The third-order valence-corrected chi connectivity index (χ3v) is 5.53. The maximum Gasteiger partial charge on any atom is 0.229 e. The number of aryl methyl sites for hydroxylation is 1. The lowest BCUT2D eigenvalue weighted by Crippen LogP contribution is -2.37. The summed E-state index contributed by atoms with van der Waals surface area (Å²) in [6.07, 6.45) is 4.17. The zero-order chi connectivity index (χ0) is 19.3. The molecule has 150 valence electrons. The molecular formula is C21H30N6O. The number of likely N-dealkylation sites (tertiary alicyclic amines) is 1.